The van der Waals surface area contributed by atoms with Gasteiger partial charge >= 0.3 is 0 Å². The van der Waals surface area contributed by atoms with E-state index < -0.39 is 0 Å². The van der Waals surface area contributed by atoms with Crippen molar-refractivity contribution >= 4 is 22.7 Å². The van der Waals surface area contributed by atoms with Crippen LogP contribution in [0.1, 0.15) is 21.1 Å². The number of nitrogens with zero attached hydrogens (tertiary/aromatic N) is 5. The molecule has 0 saturated carbocycles. The van der Waals surface area contributed by atoms with Crippen molar-refractivity contribution in [2.75, 3.05) is 33.3 Å². The molecule has 2 aromatic heterocycles. The highest BCUT2D eigenvalue weighted by molar-refractivity contribution is 5.99. The zero-order valence-electron chi connectivity index (χ0n) is 15.2. The molecule has 0 radical (unpaired) electrons. The summed E-state index contributed by atoms with van der Waals surface area (Å²) >= 11 is 0. The second-order valence-corrected chi connectivity index (χ2v) is 6.43. The fourth-order valence-corrected chi connectivity index (χ4v) is 3.39. The van der Waals surface area contributed by atoms with E-state index in [-0.39, 0.29) is 17.6 Å². The molecule has 1 saturated heterocycles. The van der Waals surface area contributed by atoms with E-state index in [0.717, 1.165) is 16.7 Å². The Balaban J connectivity index is 1.49. The fourth-order valence-electron chi connectivity index (χ4n) is 3.39. The van der Waals surface area contributed by atoms with Crippen LogP contribution in [-0.4, -0.2) is 74.7 Å². The molecule has 0 spiro atoms. The Labute approximate surface area is 155 Å². The summed E-state index contributed by atoms with van der Waals surface area (Å²) < 4.78 is 7.15. The topological polar surface area (TPSA) is 96.3 Å². The minimum Gasteiger partial charge on any atom is -0.497 e. The Morgan fingerprint density at radius 2 is 1.78 bits per heavy atom. The first-order valence-corrected chi connectivity index (χ1v) is 8.66. The average Bonchev–Trinajstić information content (AvgIpc) is 3.35. The maximum atomic E-state index is 13.0. The second-order valence-electron chi connectivity index (χ2n) is 6.43. The van der Waals surface area contributed by atoms with Gasteiger partial charge in [0.1, 0.15) is 17.8 Å². The van der Waals surface area contributed by atoms with Gasteiger partial charge in [-0.15, -0.1) is 0 Å². The number of benzene rings is 1. The summed E-state index contributed by atoms with van der Waals surface area (Å²) in [6.45, 7) is 1.87. The molecule has 4 rings (SSSR count). The molecular weight excluding hydrogens is 348 g/mol. The summed E-state index contributed by atoms with van der Waals surface area (Å²) in [6, 6.07) is 7.62. The van der Waals surface area contributed by atoms with Gasteiger partial charge in [-0.1, -0.05) is 0 Å². The van der Waals surface area contributed by atoms with Crippen LogP contribution < -0.4 is 4.74 Å². The summed E-state index contributed by atoms with van der Waals surface area (Å²) in [5, 5.41) is 7.24. The lowest BCUT2D eigenvalue weighted by molar-refractivity contribution is 0.0524. The number of fused-ring (bicyclic) bond motifs is 1. The smallest absolute Gasteiger partial charge is 0.291 e. The molecule has 27 heavy (non-hydrogen) atoms. The van der Waals surface area contributed by atoms with Crippen molar-refractivity contribution in [2.24, 2.45) is 7.05 Å². The number of H-pyrrole nitrogens is 1. The Kier molecular flexibility index (Phi) is 4.27. The Hall–Kier alpha value is -3.36. The van der Waals surface area contributed by atoms with Gasteiger partial charge in [-0.2, -0.15) is 5.10 Å². The summed E-state index contributed by atoms with van der Waals surface area (Å²) in [7, 11) is 3.50. The van der Waals surface area contributed by atoms with Crippen LogP contribution in [0.4, 0.5) is 0 Å². The van der Waals surface area contributed by atoms with Crippen LogP contribution in [0.3, 0.4) is 0 Å². The van der Waals surface area contributed by atoms with E-state index >= 15 is 0 Å². The van der Waals surface area contributed by atoms with Gasteiger partial charge in [0.05, 0.1) is 7.11 Å². The second kappa shape index (κ2) is 6.75. The number of aromatic amines is 1. The summed E-state index contributed by atoms with van der Waals surface area (Å²) in [5.41, 5.74) is 1.59. The van der Waals surface area contributed by atoms with E-state index in [4.69, 9.17) is 4.74 Å². The highest BCUT2D eigenvalue weighted by atomic mass is 16.5. The van der Waals surface area contributed by atoms with E-state index in [9.17, 15) is 9.59 Å². The SMILES string of the molecule is COc1ccc2c(c1)cc(C(=O)N1CCN(C(=O)c3ncn[nH]3)CC1)n2C. The first kappa shape index (κ1) is 17.1. The number of aryl methyl sites for hydroxylation is 1. The van der Waals surface area contributed by atoms with E-state index in [2.05, 4.69) is 15.2 Å². The van der Waals surface area contributed by atoms with Crippen LogP contribution in [0.5, 0.6) is 5.75 Å². The number of rotatable bonds is 3. The highest BCUT2D eigenvalue weighted by Crippen LogP contribution is 2.24. The van der Waals surface area contributed by atoms with Crippen molar-refractivity contribution < 1.29 is 14.3 Å². The normalized spacial score (nSPS) is 14.6. The first-order chi connectivity index (χ1) is 13.1. The molecule has 1 N–H and O–H groups in total. The third-order valence-electron chi connectivity index (χ3n) is 4.94. The van der Waals surface area contributed by atoms with Crippen LogP contribution in [0.25, 0.3) is 10.9 Å². The maximum Gasteiger partial charge on any atom is 0.291 e. The van der Waals surface area contributed by atoms with Gasteiger partial charge in [0.15, 0.2) is 0 Å². The number of aromatic nitrogens is 4. The van der Waals surface area contributed by atoms with Crippen molar-refractivity contribution in [3.63, 3.8) is 0 Å². The van der Waals surface area contributed by atoms with Crippen LogP contribution >= 0.6 is 0 Å². The zero-order chi connectivity index (χ0) is 19.0. The third kappa shape index (κ3) is 3.01. The Morgan fingerprint density at radius 3 is 2.41 bits per heavy atom. The van der Waals surface area contributed by atoms with Gasteiger partial charge in [0.2, 0.25) is 5.82 Å². The van der Waals surface area contributed by atoms with Gasteiger partial charge in [0.25, 0.3) is 11.8 Å². The van der Waals surface area contributed by atoms with Gasteiger partial charge < -0.3 is 19.1 Å². The van der Waals surface area contributed by atoms with E-state index in [0.29, 0.717) is 31.9 Å². The molecule has 0 atom stereocenters. The number of nitrogens with one attached hydrogen (secondary N) is 1. The number of methoxy groups -OCH3 is 1. The lowest BCUT2D eigenvalue weighted by Crippen LogP contribution is -2.51. The van der Waals surface area contributed by atoms with Crippen LogP contribution in [0.15, 0.2) is 30.6 Å². The van der Waals surface area contributed by atoms with Crippen molar-refractivity contribution in [3.05, 3.63) is 42.1 Å². The lowest BCUT2D eigenvalue weighted by Gasteiger charge is -2.34. The largest absolute Gasteiger partial charge is 0.497 e. The molecule has 3 aromatic rings. The monoisotopic (exact) mass is 368 g/mol. The van der Waals surface area contributed by atoms with Crippen molar-refractivity contribution in [3.8, 4) is 5.75 Å². The average molecular weight is 368 g/mol. The van der Waals surface area contributed by atoms with Crippen LogP contribution in [0.2, 0.25) is 0 Å². The number of carbonyl (C=O) groups excluding carboxylic acids is 2. The number of amides is 2. The molecule has 9 heteroatoms. The number of ether oxygens (including phenoxy) is 1. The fraction of sp³-hybridized carbons (Fsp3) is 0.333. The Bertz CT molecular complexity index is 986. The van der Waals surface area contributed by atoms with Gasteiger partial charge in [-0.3, -0.25) is 14.7 Å². The molecule has 140 valence electrons. The van der Waals surface area contributed by atoms with Crippen molar-refractivity contribution in [1.29, 1.82) is 0 Å². The van der Waals surface area contributed by atoms with Crippen LogP contribution in [0, 0.1) is 0 Å². The van der Waals surface area contributed by atoms with Gasteiger partial charge in [-0.05, 0) is 24.3 Å². The third-order valence-corrected chi connectivity index (χ3v) is 4.94. The maximum absolute atomic E-state index is 13.0. The molecule has 3 heterocycles. The standard InChI is InChI=1S/C18H20N6O3/c1-22-14-4-3-13(27-2)9-12(14)10-15(22)17(25)23-5-7-24(8-6-23)18(26)16-19-11-20-21-16/h3-4,9-11H,5-8H2,1-2H3,(H,19,20,21). The molecule has 1 aliphatic heterocycles. The van der Waals surface area contributed by atoms with E-state index in [1.807, 2.05) is 35.9 Å². The molecule has 0 bridgehead atoms. The molecule has 9 nitrogen and oxygen atoms in total. The molecule has 1 aliphatic rings. The lowest BCUT2D eigenvalue weighted by atomic mass is 10.2. The molecular formula is C18H20N6O3. The minimum absolute atomic E-state index is 0.0422. The molecule has 1 aromatic carbocycles. The van der Waals surface area contributed by atoms with Gasteiger partial charge in [0, 0.05) is 44.1 Å². The van der Waals surface area contributed by atoms with Crippen molar-refractivity contribution in [1.82, 2.24) is 29.5 Å². The van der Waals surface area contributed by atoms with Gasteiger partial charge in [-0.25, -0.2) is 4.98 Å². The highest BCUT2D eigenvalue weighted by Gasteiger charge is 2.28. The summed E-state index contributed by atoms with van der Waals surface area (Å²) in [6.07, 6.45) is 1.31. The molecule has 0 aliphatic carbocycles. The first-order valence-electron chi connectivity index (χ1n) is 8.66. The number of piperazine rings is 1. The minimum atomic E-state index is -0.198. The number of hydrogen-bond acceptors (Lipinski definition) is 5. The predicted octanol–water partition coefficient (Wildman–Crippen LogP) is 0.903. The molecule has 0 unspecified atom stereocenters. The number of carbonyl (C=O) groups is 2. The van der Waals surface area contributed by atoms with E-state index in [1.165, 1.54) is 6.33 Å². The quantitative estimate of drug-likeness (QED) is 0.741. The molecule has 2 amide bonds. The molecule has 1 fully saturated rings. The van der Waals surface area contributed by atoms with Crippen molar-refractivity contribution in [2.45, 2.75) is 0 Å². The number of hydrogen-bond donors (Lipinski definition) is 1. The summed E-state index contributed by atoms with van der Waals surface area (Å²) in [5.74, 6) is 0.736. The van der Waals surface area contributed by atoms with Crippen LogP contribution in [-0.2, 0) is 7.05 Å². The predicted molar refractivity (Wildman–Crippen MR) is 97.7 cm³/mol. The summed E-state index contributed by atoms with van der Waals surface area (Å²) in [4.78, 5) is 32.6. The Morgan fingerprint density at radius 1 is 1.07 bits per heavy atom. The van der Waals surface area contributed by atoms with E-state index in [1.54, 1.807) is 16.9 Å². The zero-order valence-corrected chi connectivity index (χ0v) is 15.2.